The highest BCUT2D eigenvalue weighted by molar-refractivity contribution is 6.38. The van der Waals surface area contributed by atoms with Gasteiger partial charge in [-0.3, -0.25) is 14.4 Å². The van der Waals surface area contributed by atoms with E-state index in [1.807, 2.05) is 0 Å². The molecule has 1 aliphatic heterocycles. The molecule has 1 rings (SSSR count). The molecule has 4 nitrogen and oxygen atoms in total. The minimum atomic E-state index is -0.410. The molecule has 1 fully saturated rings. The van der Waals surface area contributed by atoms with Crippen molar-refractivity contribution in [1.29, 1.82) is 0 Å². The first-order chi connectivity index (χ1) is 7.02. The topological polar surface area (TPSA) is 63.2 Å². The summed E-state index contributed by atoms with van der Waals surface area (Å²) in [5.41, 5.74) is 0. The second-order valence-corrected chi connectivity index (χ2v) is 4.28. The van der Waals surface area contributed by atoms with Crippen molar-refractivity contribution in [3.63, 3.8) is 0 Å². The summed E-state index contributed by atoms with van der Waals surface area (Å²) in [6.45, 7) is 4.07. The minimum absolute atomic E-state index is 0.0723. The van der Waals surface area contributed by atoms with Crippen molar-refractivity contribution in [2.45, 2.75) is 33.1 Å². The molecular formula is C11H17NO3. The highest BCUT2D eigenvalue weighted by Gasteiger charge is 2.27. The maximum atomic E-state index is 11.5. The number of amides is 1. The molecule has 0 aromatic rings. The zero-order valence-corrected chi connectivity index (χ0v) is 9.21. The normalized spacial score (nSPS) is 21.3. The number of hydrogen-bond acceptors (Lipinski definition) is 3. The molecule has 1 amide bonds. The first-order valence-electron chi connectivity index (χ1n) is 5.37. The van der Waals surface area contributed by atoms with Gasteiger partial charge in [-0.1, -0.05) is 13.8 Å². The van der Waals surface area contributed by atoms with Gasteiger partial charge in [0, 0.05) is 24.8 Å². The first-order valence-corrected chi connectivity index (χ1v) is 5.37. The fourth-order valence-corrected chi connectivity index (χ4v) is 1.68. The number of Topliss-reactive ketones (excluding diaryl/α,β-unsaturated/α-hetero) is 2. The summed E-state index contributed by atoms with van der Waals surface area (Å²) in [5, 5.41) is 2.70. The van der Waals surface area contributed by atoms with Crippen LogP contribution in [0.3, 0.4) is 0 Å². The van der Waals surface area contributed by atoms with E-state index in [1.165, 1.54) is 0 Å². The Morgan fingerprint density at radius 1 is 1.47 bits per heavy atom. The summed E-state index contributed by atoms with van der Waals surface area (Å²) < 4.78 is 0. The lowest BCUT2D eigenvalue weighted by Gasteiger charge is -2.20. The molecule has 0 bridgehead atoms. The Morgan fingerprint density at radius 2 is 2.13 bits per heavy atom. The summed E-state index contributed by atoms with van der Waals surface area (Å²) in [5.74, 6) is -1.44. The van der Waals surface area contributed by atoms with Crippen LogP contribution in [0.1, 0.15) is 33.1 Å². The van der Waals surface area contributed by atoms with Crippen LogP contribution in [-0.2, 0) is 14.4 Å². The molecule has 0 saturated carbocycles. The van der Waals surface area contributed by atoms with E-state index < -0.39 is 5.78 Å². The van der Waals surface area contributed by atoms with Gasteiger partial charge in [0.2, 0.25) is 11.7 Å². The molecule has 1 saturated heterocycles. The maximum absolute atomic E-state index is 11.5. The van der Waals surface area contributed by atoms with Gasteiger partial charge in [0.25, 0.3) is 0 Å². The number of carbonyl (C=O) groups is 3. The molecule has 0 aliphatic carbocycles. The number of ketones is 2. The fraction of sp³-hybridized carbons (Fsp3) is 0.727. The molecule has 1 aliphatic rings. The summed E-state index contributed by atoms with van der Waals surface area (Å²) in [7, 11) is 0. The van der Waals surface area contributed by atoms with Crippen molar-refractivity contribution in [2.75, 3.05) is 6.54 Å². The van der Waals surface area contributed by atoms with E-state index >= 15 is 0 Å². The number of piperidine rings is 1. The molecule has 1 atom stereocenters. The van der Waals surface area contributed by atoms with Gasteiger partial charge >= 0.3 is 0 Å². The lowest BCUT2D eigenvalue weighted by atomic mass is 9.90. The summed E-state index contributed by atoms with van der Waals surface area (Å²) in [6.07, 6.45) is 1.67. The van der Waals surface area contributed by atoms with Gasteiger partial charge in [-0.25, -0.2) is 0 Å². The summed E-state index contributed by atoms with van der Waals surface area (Å²) in [6, 6.07) is 0. The maximum Gasteiger partial charge on any atom is 0.223 e. The minimum Gasteiger partial charge on any atom is -0.356 e. The summed E-state index contributed by atoms with van der Waals surface area (Å²) >= 11 is 0. The van der Waals surface area contributed by atoms with E-state index in [4.69, 9.17) is 0 Å². The highest BCUT2D eigenvalue weighted by atomic mass is 16.2. The van der Waals surface area contributed by atoms with Crippen molar-refractivity contribution in [2.24, 2.45) is 11.8 Å². The molecular weight excluding hydrogens is 194 g/mol. The van der Waals surface area contributed by atoms with Gasteiger partial charge in [0.05, 0.1) is 0 Å². The van der Waals surface area contributed by atoms with Crippen LogP contribution in [0.15, 0.2) is 0 Å². The van der Waals surface area contributed by atoms with Gasteiger partial charge in [-0.05, 0) is 12.8 Å². The van der Waals surface area contributed by atoms with E-state index in [2.05, 4.69) is 5.32 Å². The van der Waals surface area contributed by atoms with Gasteiger partial charge < -0.3 is 5.32 Å². The van der Waals surface area contributed by atoms with Crippen LogP contribution in [0.5, 0.6) is 0 Å². The quantitative estimate of drug-likeness (QED) is 0.696. The van der Waals surface area contributed by atoms with Crippen LogP contribution in [0.4, 0.5) is 0 Å². The van der Waals surface area contributed by atoms with Crippen LogP contribution in [0.2, 0.25) is 0 Å². The van der Waals surface area contributed by atoms with Crippen molar-refractivity contribution < 1.29 is 14.4 Å². The molecule has 0 aromatic heterocycles. The first kappa shape index (κ1) is 11.9. The van der Waals surface area contributed by atoms with E-state index in [0.29, 0.717) is 13.0 Å². The Morgan fingerprint density at radius 3 is 2.67 bits per heavy atom. The van der Waals surface area contributed by atoms with Crippen LogP contribution in [0, 0.1) is 11.8 Å². The molecule has 0 spiro atoms. The SMILES string of the molecule is CC(C)C(=O)C(=O)CC1CCCNC1=O. The van der Waals surface area contributed by atoms with Crippen molar-refractivity contribution in [3.05, 3.63) is 0 Å². The van der Waals surface area contributed by atoms with Crippen LogP contribution >= 0.6 is 0 Å². The fourth-order valence-electron chi connectivity index (χ4n) is 1.68. The standard InChI is InChI=1S/C11H17NO3/c1-7(2)10(14)9(13)6-8-4-3-5-12-11(8)15/h7-8H,3-6H2,1-2H3,(H,12,15). The Balaban J connectivity index is 2.50. The van der Waals surface area contributed by atoms with Gasteiger partial charge in [-0.15, -0.1) is 0 Å². The largest absolute Gasteiger partial charge is 0.356 e. The highest BCUT2D eigenvalue weighted by Crippen LogP contribution is 2.16. The second-order valence-electron chi connectivity index (χ2n) is 4.28. The smallest absolute Gasteiger partial charge is 0.223 e. The molecule has 0 aromatic carbocycles. The number of nitrogens with one attached hydrogen (secondary N) is 1. The van der Waals surface area contributed by atoms with E-state index in [0.717, 1.165) is 6.42 Å². The van der Waals surface area contributed by atoms with E-state index in [1.54, 1.807) is 13.8 Å². The number of carbonyl (C=O) groups excluding carboxylic acids is 3. The Hall–Kier alpha value is -1.19. The zero-order valence-electron chi connectivity index (χ0n) is 9.21. The van der Waals surface area contributed by atoms with E-state index in [-0.39, 0.29) is 29.9 Å². The average molecular weight is 211 g/mol. The zero-order chi connectivity index (χ0) is 11.4. The van der Waals surface area contributed by atoms with Gasteiger partial charge in [0.1, 0.15) is 0 Å². The van der Waals surface area contributed by atoms with Gasteiger partial charge in [-0.2, -0.15) is 0 Å². The molecule has 1 N–H and O–H groups in total. The van der Waals surface area contributed by atoms with E-state index in [9.17, 15) is 14.4 Å². The Labute approximate surface area is 89.4 Å². The van der Waals surface area contributed by atoms with Crippen molar-refractivity contribution in [3.8, 4) is 0 Å². The molecule has 1 heterocycles. The van der Waals surface area contributed by atoms with Crippen molar-refractivity contribution in [1.82, 2.24) is 5.32 Å². The average Bonchev–Trinajstić information content (AvgIpc) is 2.20. The Bertz CT molecular complexity index is 284. The van der Waals surface area contributed by atoms with Crippen LogP contribution in [-0.4, -0.2) is 24.0 Å². The predicted molar refractivity (Wildman–Crippen MR) is 55.2 cm³/mol. The molecule has 4 heteroatoms. The third-order valence-electron chi connectivity index (χ3n) is 2.63. The lowest BCUT2D eigenvalue weighted by molar-refractivity contribution is -0.140. The second kappa shape index (κ2) is 5.05. The Kier molecular flexibility index (Phi) is 4.00. The van der Waals surface area contributed by atoms with Crippen LogP contribution in [0.25, 0.3) is 0 Å². The van der Waals surface area contributed by atoms with Crippen LogP contribution < -0.4 is 5.32 Å². The molecule has 0 radical (unpaired) electrons. The number of rotatable bonds is 4. The monoisotopic (exact) mass is 211 g/mol. The lowest BCUT2D eigenvalue weighted by Crippen LogP contribution is -2.38. The third kappa shape index (κ3) is 3.15. The molecule has 1 unspecified atom stereocenters. The van der Waals surface area contributed by atoms with Gasteiger partial charge in [0.15, 0.2) is 5.78 Å². The third-order valence-corrected chi connectivity index (χ3v) is 2.63. The van der Waals surface area contributed by atoms with Crippen molar-refractivity contribution >= 4 is 17.5 Å². The summed E-state index contributed by atoms with van der Waals surface area (Å²) in [4.78, 5) is 34.2. The number of hydrogen-bond donors (Lipinski definition) is 1. The molecule has 84 valence electrons. The molecule has 15 heavy (non-hydrogen) atoms. The predicted octanol–water partition coefficient (Wildman–Crippen LogP) is 0.697.